The van der Waals surface area contributed by atoms with Crippen LogP contribution < -0.4 is 5.32 Å². The number of anilines is 1. The molecule has 0 atom stereocenters. The Balaban J connectivity index is 2.59. The lowest BCUT2D eigenvalue weighted by atomic mass is 10.1. The minimum Gasteiger partial charge on any atom is -0.379 e. The summed E-state index contributed by atoms with van der Waals surface area (Å²) in [6, 6.07) is 10.1. The van der Waals surface area contributed by atoms with Crippen LogP contribution in [0.4, 0.5) is 5.00 Å². The zero-order valence-corrected chi connectivity index (χ0v) is 10.1. The van der Waals surface area contributed by atoms with E-state index in [4.69, 9.17) is 0 Å². The van der Waals surface area contributed by atoms with Crippen molar-refractivity contribution >= 4 is 22.6 Å². The highest BCUT2D eigenvalue weighted by atomic mass is 32.1. The fraction of sp³-hybridized carbons (Fsp3) is 0.154. The molecule has 1 N–H and O–H groups in total. The molecule has 1 heterocycles. The van der Waals surface area contributed by atoms with Gasteiger partial charge in [-0.15, -0.1) is 11.3 Å². The number of hydrogen-bond acceptors (Lipinski definition) is 3. The molecule has 3 heteroatoms. The van der Waals surface area contributed by atoms with E-state index >= 15 is 0 Å². The summed E-state index contributed by atoms with van der Waals surface area (Å²) >= 11 is 1.62. The lowest BCUT2D eigenvalue weighted by Gasteiger charge is -1.98. The van der Waals surface area contributed by atoms with Crippen molar-refractivity contribution in [3.8, 4) is 10.4 Å². The van der Waals surface area contributed by atoms with Gasteiger partial charge in [-0.3, -0.25) is 4.79 Å². The van der Waals surface area contributed by atoms with Gasteiger partial charge in [0.15, 0.2) is 6.29 Å². The Morgan fingerprint density at radius 1 is 1.25 bits per heavy atom. The zero-order chi connectivity index (χ0) is 11.5. The van der Waals surface area contributed by atoms with Crippen LogP contribution in [0.1, 0.15) is 15.9 Å². The van der Waals surface area contributed by atoms with E-state index in [0.717, 1.165) is 32.9 Å². The van der Waals surface area contributed by atoms with E-state index in [1.807, 2.05) is 32.2 Å². The molecule has 16 heavy (non-hydrogen) atoms. The van der Waals surface area contributed by atoms with Gasteiger partial charge in [0.2, 0.25) is 0 Å². The maximum atomic E-state index is 11.0. The van der Waals surface area contributed by atoms with Gasteiger partial charge in [0.05, 0.1) is 10.6 Å². The van der Waals surface area contributed by atoms with E-state index in [1.54, 1.807) is 11.3 Å². The third kappa shape index (κ3) is 1.74. The van der Waals surface area contributed by atoms with E-state index in [-0.39, 0.29) is 0 Å². The molecule has 0 saturated carbocycles. The molecule has 0 saturated heterocycles. The first-order valence-electron chi connectivity index (χ1n) is 5.09. The second-order valence-corrected chi connectivity index (χ2v) is 4.55. The third-order valence-corrected chi connectivity index (χ3v) is 3.95. The molecule has 1 aromatic heterocycles. The molecule has 0 bridgehead atoms. The normalized spacial score (nSPS) is 10.1. The number of nitrogens with one attached hydrogen (secondary N) is 1. The lowest BCUT2D eigenvalue weighted by Crippen LogP contribution is -1.89. The minimum atomic E-state index is 0.770. The highest BCUT2D eigenvalue weighted by molar-refractivity contribution is 7.20. The Labute approximate surface area is 98.9 Å². The van der Waals surface area contributed by atoms with Crippen molar-refractivity contribution in [3.05, 3.63) is 41.5 Å². The van der Waals surface area contributed by atoms with Crippen molar-refractivity contribution in [2.75, 3.05) is 12.4 Å². The van der Waals surface area contributed by atoms with Crippen LogP contribution in [0.3, 0.4) is 0 Å². The molecular formula is C13H13NOS. The first-order chi connectivity index (χ1) is 7.77. The summed E-state index contributed by atoms with van der Waals surface area (Å²) in [5.74, 6) is 0. The number of thiophene rings is 1. The molecule has 0 aliphatic rings. The predicted molar refractivity (Wildman–Crippen MR) is 69.4 cm³/mol. The average molecular weight is 231 g/mol. The fourth-order valence-electron chi connectivity index (χ4n) is 1.72. The summed E-state index contributed by atoms with van der Waals surface area (Å²) in [4.78, 5) is 12.2. The third-order valence-electron chi connectivity index (χ3n) is 2.57. The second-order valence-electron chi connectivity index (χ2n) is 3.53. The first kappa shape index (κ1) is 10.9. The van der Waals surface area contributed by atoms with Gasteiger partial charge in [-0.05, 0) is 18.1 Å². The smallest absolute Gasteiger partial charge is 0.153 e. The SMILES string of the molecule is CNc1sc(-c2ccccc2)c(C)c1C=O. The molecule has 2 rings (SSSR count). The summed E-state index contributed by atoms with van der Waals surface area (Å²) in [5.41, 5.74) is 2.98. The van der Waals surface area contributed by atoms with Gasteiger partial charge in [-0.2, -0.15) is 0 Å². The van der Waals surface area contributed by atoms with Crippen LogP contribution in [0.15, 0.2) is 30.3 Å². The maximum absolute atomic E-state index is 11.0. The topological polar surface area (TPSA) is 29.1 Å². The molecule has 0 amide bonds. The first-order valence-corrected chi connectivity index (χ1v) is 5.91. The molecule has 0 radical (unpaired) electrons. The molecule has 1 aromatic carbocycles. The Morgan fingerprint density at radius 2 is 1.94 bits per heavy atom. The largest absolute Gasteiger partial charge is 0.379 e. The lowest BCUT2D eigenvalue weighted by molar-refractivity contribution is 0.112. The van der Waals surface area contributed by atoms with Crippen molar-refractivity contribution in [2.24, 2.45) is 0 Å². The molecule has 0 fully saturated rings. The van der Waals surface area contributed by atoms with Crippen LogP contribution in [0, 0.1) is 6.92 Å². The summed E-state index contributed by atoms with van der Waals surface area (Å²) in [6.07, 6.45) is 0.921. The Morgan fingerprint density at radius 3 is 2.44 bits per heavy atom. The Hall–Kier alpha value is -1.61. The Bertz CT molecular complexity index is 502. The molecule has 2 aromatic rings. The number of carbonyl (C=O) groups excluding carboxylic acids is 1. The number of hydrogen-bond donors (Lipinski definition) is 1. The van der Waals surface area contributed by atoms with Gasteiger partial charge in [-0.25, -0.2) is 0 Å². The van der Waals surface area contributed by atoms with Crippen LogP contribution in [0.5, 0.6) is 0 Å². The molecule has 2 nitrogen and oxygen atoms in total. The van der Waals surface area contributed by atoms with Crippen molar-refractivity contribution in [2.45, 2.75) is 6.92 Å². The minimum absolute atomic E-state index is 0.770. The van der Waals surface area contributed by atoms with Crippen molar-refractivity contribution in [3.63, 3.8) is 0 Å². The van der Waals surface area contributed by atoms with Gasteiger partial charge >= 0.3 is 0 Å². The highest BCUT2D eigenvalue weighted by Crippen LogP contribution is 2.38. The van der Waals surface area contributed by atoms with Gasteiger partial charge in [0.25, 0.3) is 0 Å². The molecule has 0 aliphatic carbocycles. The standard InChI is InChI=1S/C13H13NOS/c1-9-11(8-15)13(14-2)16-12(9)10-6-4-3-5-7-10/h3-8,14H,1-2H3. The number of aldehydes is 1. The maximum Gasteiger partial charge on any atom is 0.153 e. The summed E-state index contributed by atoms with van der Waals surface area (Å²) in [6.45, 7) is 1.99. The van der Waals surface area contributed by atoms with Gasteiger partial charge in [-0.1, -0.05) is 30.3 Å². The van der Waals surface area contributed by atoms with Crippen LogP contribution in [-0.2, 0) is 0 Å². The Kier molecular flexibility index (Phi) is 3.06. The van der Waals surface area contributed by atoms with Crippen molar-refractivity contribution in [1.82, 2.24) is 0 Å². The van der Waals surface area contributed by atoms with E-state index in [1.165, 1.54) is 0 Å². The fourth-order valence-corrected chi connectivity index (χ4v) is 2.85. The van der Waals surface area contributed by atoms with E-state index in [9.17, 15) is 4.79 Å². The van der Waals surface area contributed by atoms with Crippen LogP contribution in [0.25, 0.3) is 10.4 Å². The average Bonchev–Trinajstić information content (AvgIpc) is 2.66. The quantitative estimate of drug-likeness (QED) is 0.818. The van der Waals surface area contributed by atoms with Gasteiger partial charge in [0.1, 0.15) is 0 Å². The van der Waals surface area contributed by atoms with E-state index in [2.05, 4.69) is 17.4 Å². The summed E-state index contributed by atoms with van der Waals surface area (Å²) in [5, 5.41) is 4.00. The van der Waals surface area contributed by atoms with Crippen LogP contribution >= 0.6 is 11.3 Å². The molecule has 82 valence electrons. The molecule has 0 aliphatic heterocycles. The zero-order valence-electron chi connectivity index (χ0n) is 9.28. The van der Waals surface area contributed by atoms with Gasteiger partial charge in [0, 0.05) is 11.9 Å². The number of rotatable bonds is 3. The van der Waals surface area contributed by atoms with Gasteiger partial charge < -0.3 is 5.32 Å². The van der Waals surface area contributed by atoms with Crippen molar-refractivity contribution in [1.29, 1.82) is 0 Å². The highest BCUT2D eigenvalue weighted by Gasteiger charge is 2.14. The monoisotopic (exact) mass is 231 g/mol. The van der Waals surface area contributed by atoms with E-state index in [0.29, 0.717) is 0 Å². The number of carbonyl (C=O) groups is 1. The van der Waals surface area contributed by atoms with Crippen LogP contribution in [-0.4, -0.2) is 13.3 Å². The summed E-state index contributed by atoms with van der Waals surface area (Å²) < 4.78 is 0. The molecule has 0 unspecified atom stereocenters. The predicted octanol–water partition coefficient (Wildman–Crippen LogP) is 3.58. The molecular weight excluding hydrogens is 218 g/mol. The van der Waals surface area contributed by atoms with E-state index < -0.39 is 0 Å². The molecule has 0 spiro atoms. The van der Waals surface area contributed by atoms with Crippen LogP contribution in [0.2, 0.25) is 0 Å². The van der Waals surface area contributed by atoms with Crippen molar-refractivity contribution < 1.29 is 4.79 Å². The summed E-state index contributed by atoms with van der Waals surface area (Å²) in [7, 11) is 1.84. The number of benzene rings is 1. The second kappa shape index (κ2) is 4.49.